The van der Waals surface area contributed by atoms with Crippen LogP contribution in [0.5, 0.6) is 0 Å². The number of hydrogen-bond donors (Lipinski definition) is 0. The fraction of sp³-hybridized carbons (Fsp3) is 0.533. The van der Waals surface area contributed by atoms with Gasteiger partial charge in [-0.1, -0.05) is 31.4 Å². The summed E-state index contributed by atoms with van der Waals surface area (Å²) in [6.07, 6.45) is 8.60. The molecule has 0 aliphatic heterocycles. The molecule has 0 rings (SSSR count). The molecule has 0 spiro atoms. The van der Waals surface area contributed by atoms with E-state index >= 15 is 0 Å². The molecule has 1 atom stereocenters. The quantitative estimate of drug-likeness (QED) is 0.353. The summed E-state index contributed by atoms with van der Waals surface area (Å²) in [7, 11) is 1.85. The molecule has 0 aliphatic rings. The van der Waals surface area contributed by atoms with Gasteiger partial charge in [0.1, 0.15) is 0 Å². The van der Waals surface area contributed by atoms with Crippen molar-refractivity contribution in [2.45, 2.75) is 38.6 Å². The molecule has 1 unspecified atom stereocenters. The highest BCUT2D eigenvalue weighted by atomic mass is 35.5. The number of unbranched alkanes of at least 4 members (excludes halogenated alkanes) is 1. The van der Waals surface area contributed by atoms with E-state index in [-0.39, 0.29) is 11.9 Å². The van der Waals surface area contributed by atoms with Crippen LogP contribution in [-0.2, 0) is 4.79 Å². The van der Waals surface area contributed by atoms with E-state index in [2.05, 4.69) is 13.2 Å². The van der Waals surface area contributed by atoms with Gasteiger partial charge in [0, 0.05) is 25.4 Å². The van der Waals surface area contributed by atoms with Gasteiger partial charge in [0.2, 0.25) is 5.91 Å². The number of nitrogens with zero attached hydrogens (tertiary/aromatic N) is 1. The van der Waals surface area contributed by atoms with E-state index in [0.29, 0.717) is 12.3 Å². The van der Waals surface area contributed by atoms with Crippen LogP contribution in [0.25, 0.3) is 0 Å². The summed E-state index contributed by atoms with van der Waals surface area (Å²) in [5, 5.41) is 0. The first-order valence-corrected chi connectivity index (χ1v) is 6.85. The van der Waals surface area contributed by atoms with Crippen molar-refractivity contribution in [3.05, 3.63) is 37.0 Å². The van der Waals surface area contributed by atoms with Gasteiger partial charge in [-0.05, 0) is 31.8 Å². The van der Waals surface area contributed by atoms with E-state index in [0.717, 1.165) is 24.8 Å². The minimum Gasteiger partial charge on any atom is -0.343 e. The van der Waals surface area contributed by atoms with Crippen molar-refractivity contribution >= 4 is 17.5 Å². The molecule has 0 saturated heterocycles. The average Bonchev–Trinajstić information content (AvgIpc) is 2.37. The van der Waals surface area contributed by atoms with Crippen LogP contribution in [0.3, 0.4) is 0 Å². The second-order valence-corrected chi connectivity index (χ2v) is 4.76. The predicted molar refractivity (Wildman–Crippen MR) is 79.9 cm³/mol. The molecule has 0 aromatic carbocycles. The van der Waals surface area contributed by atoms with E-state index in [1.54, 1.807) is 11.0 Å². The first-order chi connectivity index (χ1) is 8.56. The van der Waals surface area contributed by atoms with Gasteiger partial charge in [0.15, 0.2) is 0 Å². The Morgan fingerprint density at radius 1 is 1.39 bits per heavy atom. The van der Waals surface area contributed by atoms with Crippen molar-refractivity contribution in [3.8, 4) is 0 Å². The van der Waals surface area contributed by atoms with Crippen molar-refractivity contribution in [3.63, 3.8) is 0 Å². The minimum absolute atomic E-state index is 0.165. The molecule has 0 aromatic heterocycles. The highest BCUT2D eigenvalue weighted by Gasteiger charge is 2.15. The topological polar surface area (TPSA) is 20.3 Å². The lowest BCUT2D eigenvalue weighted by Gasteiger charge is -2.25. The third-order valence-corrected chi connectivity index (χ3v) is 3.22. The van der Waals surface area contributed by atoms with Crippen LogP contribution in [-0.4, -0.2) is 29.8 Å². The molecule has 1 amide bonds. The molecule has 2 nitrogen and oxygen atoms in total. The van der Waals surface area contributed by atoms with E-state index in [9.17, 15) is 4.79 Å². The first-order valence-electron chi connectivity index (χ1n) is 6.32. The van der Waals surface area contributed by atoms with Gasteiger partial charge >= 0.3 is 0 Å². The van der Waals surface area contributed by atoms with Crippen LogP contribution in [0.15, 0.2) is 37.0 Å². The summed E-state index contributed by atoms with van der Waals surface area (Å²) in [5.41, 5.74) is 1.10. The molecule has 102 valence electrons. The number of hydrogen-bond acceptors (Lipinski definition) is 1. The maximum Gasteiger partial charge on any atom is 0.222 e. The van der Waals surface area contributed by atoms with Crippen molar-refractivity contribution < 1.29 is 4.79 Å². The van der Waals surface area contributed by atoms with Crippen LogP contribution in [0, 0.1) is 0 Å². The number of allylic oxidation sites excluding steroid dienone is 3. The van der Waals surface area contributed by atoms with E-state index in [1.165, 1.54) is 0 Å². The summed E-state index contributed by atoms with van der Waals surface area (Å²) in [6.45, 7) is 9.47. The molecule has 0 radical (unpaired) electrons. The lowest BCUT2D eigenvalue weighted by atomic mass is 10.1. The molecule has 0 bridgehead atoms. The minimum atomic E-state index is 0.165. The van der Waals surface area contributed by atoms with E-state index in [1.807, 2.05) is 26.1 Å². The summed E-state index contributed by atoms with van der Waals surface area (Å²) in [6, 6.07) is 0.165. The SMILES string of the molecule is C=C/C=C(\C=C)CC(C)N(C)C(=O)CCCCCl. The van der Waals surface area contributed by atoms with Crippen molar-refractivity contribution in [2.75, 3.05) is 12.9 Å². The lowest BCUT2D eigenvalue weighted by Crippen LogP contribution is -2.35. The van der Waals surface area contributed by atoms with Gasteiger partial charge in [0.05, 0.1) is 0 Å². The molecule has 0 aliphatic carbocycles. The van der Waals surface area contributed by atoms with Crippen LogP contribution in [0.1, 0.15) is 32.6 Å². The number of amides is 1. The highest BCUT2D eigenvalue weighted by molar-refractivity contribution is 6.17. The molecular weight excluding hydrogens is 246 g/mol. The van der Waals surface area contributed by atoms with Crippen LogP contribution < -0.4 is 0 Å². The summed E-state index contributed by atoms with van der Waals surface area (Å²) in [5.74, 6) is 0.796. The molecule has 0 heterocycles. The van der Waals surface area contributed by atoms with E-state index < -0.39 is 0 Å². The Balaban J connectivity index is 4.27. The molecule has 18 heavy (non-hydrogen) atoms. The Morgan fingerprint density at radius 2 is 2.06 bits per heavy atom. The van der Waals surface area contributed by atoms with Crippen LogP contribution >= 0.6 is 11.6 Å². The highest BCUT2D eigenvalue weighted by Crippen LogP contribution is 2.13. The smallest absolute Gasteiger partial charge is 0.222 e. The number of alkyl halides is 1. The molecule has 3 heteroatoms. The molecular formula is C15H24ClNO. The third kappa shape index (κ3) is 6.65. The van der Waals surface area contributed by atoms with Crippen LogP contribution in [0.2, 0.25) is 0 Å². The molecule has 0 fully saturated rings. The zero-order valence-corrected chi connectivity index (χ0v) is 12.2. The normalized spacial score (nSPS) is 12.9. The van der Waals surface area contributed by atoms with E-state index in [4.69, 9.17) is 11.6 Å². The Hall–Kier alpha value is -1.02. The number of carbonyl (C=O) groups is 1. The maximum absolute atomic E-state index is 11.9. The summed E-state index contributed by atoms with van der Waals surface area (Å²) >= 11 is 5.60. The molecule has 0 N–H and O–H groups in total. The Kier molecular flexibility index (Phi) is 9.39. The van der Waals surface area contributed by atoms with Gasteiger partial charge in [-0.2, -0.15) is 0 Å². The lowest BCUT2D eigenvalue weighted by molar-refractivity contribution is -0.131. The Labute approximate surface area is 116 Å². The van der Waals surface area contributed by atoms with Crippen molar-refractivity contribution in [1.29, 1.82) is 0 Å². The maximum atomic E-state index is 11.9. The predicted octanol–water partition coefficient (Wildman–Crippen LogP) is 3.93. The summed E-state index contributed by atoms with van der Waals surface area (Å²) in [4.78, 5) is 13.7. The van der Waals surface area contributed by atoms with Crippen molar-refractivity contribution in [2.24, 2.45) is 0 Å². The third-order valence-electron chi connectivity index (χ3n) is 2.95. The van der Waals surface area contributed by atoms with Gasteiger partial charge in [0.25, 0.3) is 0 Å². The second-order valence-electron chi connectivity index (χ2n) is 4.39. The molecule has 0 saturated carbocycles. The monoisotopic (exact) mass is 269 g/mol. The Morgan fingerprint density at radius 3 is 2.56 bits per heavy atom. The number of rotatable bonds is 9. The second kappa shape index (κ2) is 9.95. The van der Waals surface area contributed by atoms with Gasteiger partial charge < -0.3 is 4.90 Å². The largest absolute Gasteiger partial charge is 0.343 e. The summed E-state index contributed by atoms with van der Waals surface area (Å²) < 4.78 is 0. The van der Waals surface area contributed by atoms with Crippen molar-refractivity contribution in [1.82, 2.24) is 4.90 Å². The Bertz CT molecular complexity index is 310. The fourth-order valence-corrected chi connectivity index (χ4v) is 1.83. The van der Waals surface area contributed by atoms with Crippen LogP contribution in [0.4, 0.5) is 0 Å². The van der Waals surface area contributed by atoms with Gasteiger partial charge in [-0.25, -0.2) is 0 Å². The zero-order chi connectivity index (χ0) is 14.0. The zero-order valence-electron chi connectivity index (χ0n) is 11.5. The standard InChI is InChI=1S/C15H24ClNO/c1-5-9-14(6-2)12-13(3)17(4)15(18)10-7-8-11-16/h5-6,9,13H,1-2,7-8,10-12H2,3-4H3/b14-9+. The average molecular weight is 270 g/mol. The number of carbonyl (C=O) groups excluding carboxylic acids is 1. The first kappa shape index (κ1) is 17.0. The van der Waals surface area contributed by atoms with Gasteiger partial charge in [-0.15, -0.1) is 11.6 Å². The van der Waals surface area contributed by atoms with Gasteiger partial charge in [-0.3, -0.25) is 4.79 Å². The number of halogens is 1. The molecule has 0 aromatic rings. The fourth-order valence-electron chi connectivity index (χ4n) is 1.64.